The van der Waals surface area contributed by atoms with Crippen LogP contribution in [0, 0.1) is 20.8 Å². The summed E-state index contributed by atoms with van der Waals surface area (Å²) in [6.45, 7) is 10.3. The molecule has 0 unspecified atom stereocenters. The lowest BCUT2D eigenvalue weighted by atomic mass is 9.98. The van der Waals surface area contributed by atoms with Crippen LogP contribution in [-0.4, -0.2) is 7.05 Å². The first-order chi connectivity index (χ1) is 6.06. The van der Waals surface area contributed by atoms with E-state index in [-0.39, 0.29) is 0 Å². The molecule has 0 aliphatic rings. The topological polar surface area (TPSA) is 12.0 Å². The molecule has 1 rings (SSSR count). The quantitative estimate of drug-likeness (QED) is 0.728. The van der Waals surface area contributed by atoms with Gasteiger partial charge in [-0.3, -0.25) is 0 Å². The van der Waals surface area contributed by atoms with Crippen LogP contribution >= 0.6 is 0 Å². The highest BCUT2D eigenvalue weighted by Gasteiger charge is 2.05. The second-order valence-electron chi connectivity index (χ2n) is 3.50. The van der Waals surface area contributed by atoms with Gasteiger partial charge in [0.15, 0.2) is 0 Å². The zero-order valence-electron chi connectivity index (χ0n) is 8.86. The van der Waals surface area contributed by atoms with E-state index in [0.717, 1.165) is 5.70 Å². The molecule has 0 spiro atoms. The fraction of sp³-hybridized carbons (Fsp3) is 0.333. The van der Waals surface area contributed by atoms with Gasteiger partial charge in [0.05, 0.1) is 0 Å². The van der Waals surface area contributed by atoms with Crippen molar-refractivity contribution >= 4 is 5.70 Å². The van der Waals surface area contributed by atoms with Crippen LogP contribution in [0.3, 0.4) is 0 Å². The number of benzene rings is 1. The Labute approximate surface area is 80.5 Å². The second kappa shape index (κ2) is 3.65. The molecule has 0 fully saturated rings. The largest absolute Gasteiger partial charge is 0.388 e. The number of hydrogen-bond acceptors (Lipinski definition) is 1. The van der Waals surface area contributed by atoms with Gasteiger partial charge in [-0.1, -0.05) is 24.3 Å². The van der Waals surface area contributed by atoms with Gasteiger partial charge >= 0.3 is 0 Å². The molecule has 1 heteroatoms. The third-order valence-corrected chi connectivity index (χ3v) is 2.28. The zero-order valence-corrected chi connectivity index (χ0v) is 8.86. The summed E-state index contributed by atoms with van der Waals surface area (Å²) in [7, 11) is 1.90. The fourth-order valence-corrected chi connectivity index (χ4v) is 1.78. The van der Waals surface area contributed by atoms with Gasteiger partial charge in [-0.25, -0.2) is 0 Å². The Kier molecular flexibility index (Phi) is 2.76. The first-order valence-electron chi connectivity index (χ1n) is 4.51. The Morgan fingerprint density at radius 1 is 1.15 bits per heavy atom. The zero-order chi connectivity index (χ0) is 10.0. The van der Waals surface area contributed by atoms with Crippen LogP contribution in [0.5, 0.6) is 0 Å². The molecule has 0 heterocycles. The fourth-order valence-electron chi connectivity index (χ4n) is 1.78. The summed E-state index contributed by atoms with van der Waals surface area (Å²) in [5.41, 5.74) is 6.12. The Morgan fingerprint density at radius 2 is 1.62 bits per heavy atom. The predicted octanol–water partition coefficient (Wildman–Crippen LogP) is 2.80. The highest BCUT2D eigenvalue weighted by atomic mass is 14.8. The summed E-state index contributed by atoms with van der Waals surface area (Å²) in [6, 6.07) is 4.37. The molecule has 0 aromatic heterocycles. The minimum absolute atomic E-state index is 0.995. The summed E-state index contributed by atoms with van der Waals surface area (Å²) in [6.07, 6.45) is 0. The lowest BCUT2D eigenvalue weighted by molar-refractivity contribution is 1.11. The van der Waals surface area contributed by atoms with Gasteiger partial charge in [-0.2, -0.15) is 0 Å². The maximum absolute atomic E-state index is 3.98. The van der Waals surface area contributed by atoms with Crippen LogP contribution in [-0.2, 0) is 0 Å². The Hall–Kier alpha value is -1.24. The maximum Gasteiger partial charge on any atom is 0.0343 e. The molecule has 1 nitrogen and oxygen atoms in total. The van der Waals surface area contributed by atoms with E-state index >= 15 is 0 Å². The van der Waals surface area contributed by atoms with Crippen molar-refractivity contribution in [3.8, 4) is 0 Å². The van der Waals surface area contributed by atoms with Crippen molar-refractivity contribution < 1.29 is 0 Å². The molecule has 1 aromatic carbocycles. The van der Waals surface area contributed by atoms with E-state index in [2.05, 4.69) is 44.8 Å². The first kappa shape index (κ1) is 9.85. The normalized spacial score (nSPS) is 9.85. The third-order valence-electron chi connectivity index (χ3n) is 2.28. The highest BCUT2D eigenvalue weighted by Crippen LogP contribution is 2.21. The van der Waals surface area contributed by atoms with Crippen molar-refractivity contribution in [1.82, 2.24) is 5.32 Å². The average molecular weight is 175 g/mol. The number of hydrogen-bond donors (Lipinski definition) is 1. The molecule has 0 atom stereocenters. The molecule has 0 radical (unpaired) electrons. The average Bonchev–Trinajstić information content (AvgIpc) is 2.02. The molecule has 0 aliphatic carbocycles. The van der Waals surface area contributed by atoms with Crippen molar-refractivity contribution in [3.63, 3.8) is 0 Å². The van der Waals surface area contributed by atoms with Gasteiger partial charge in [0, 0.05) is 18.3 Å². The van der Waals surface area contributed by atoms with Crippen LogP contribution < -0.4 is 5.32 Å². The van der Waals surface area contributed by atoms with E-state index < -0.39 is 0 Å². The first-order valence-corrected chi connectivity index (χ1v) is 4.51. The van der Waals surface area contributed by atoms with Gasteiger partial charge in [0.25, 0.3) is 0 Å². The van der Waals surface area contributed by atoms with Gasteiger partial charge in [-0.15, -0.1) is 0 Å². The summed E-state index contributed by atoms with van der Waals surface area (Å²) in [5, 5.41) is 3.09. The van der Waals surface area contributed by atoms with E-state index in [1.165, 1.54) is 22.3 Å². The minimum atomic E-state index is 0.995. The van der Waals surface area contributed by atoms with E-state index in [9.17, 15) is 0 Å². The molecule has 0 amide bonds. The summed E-state index contributed by atoms with van der Waals surface area (Å²) < 4.78 is 0. The van der Waals surface area contributed by atoms with Gasteiger partial charge < -0.3 is 5.32 Å². The number of aryl methyl sites for hydroxylation is 3. The van der Waals surface area contributed by atoms with Gasteiger partial charge in [0.1, 0.15) is 0 Å². The molecule has 1 aromatic rings. The van der Waals surface area contributed by atoms with Crippen LogP contribution in [0.15, 0.2) is 18.7 Å². The smallest absolute Gasteiger partial charge is 0.0343 e. The predicted molar refractivity (Wildman–Crippen MR) is 58.7 cm³/mol. The Bertz CT molecular complexity index is 314. The Morgan fingerprint density at radius 3 is 2.00 bits per heavy atom. The van der Waals surface area contributed by atoms with Crippen LogP contribution in [0.2, 0.25) is 0 Å². The molecule has 13 heavy (non-hydrogen) atoms. The molecular formula is C12H17N. The van der Waals surface area contributed by atoms with E-state index in [0.29, 0.717) is 0 Å². The van der Waals surface area contributed by atoms with Crippen LogP contribution in [0.1, 0.15) is 22.3 Å². The maximum atomic E-state index is 3.98. The second-order valence-corrected chi connectivity index (χ2v) is 3.50. The van der Waals surface area contributed by atoms with E-state index in [4.69, 9.17) is 0 Å². The Balaban J connectivity index is 3.28. The molecule has 0 bridgehead atoms. The summed E-state index contributed by atoms with van der Waals surface area (Å²) in [4.78, 5) is 0. The third kappa shape index (κ3) is 1.92. The molecular weight excluding hydrogens is 158 g/mol. The van der Waals surface area contributed by atoms with E-state index in [1.807, 2.05) is 7.05 Å². The lowest BCUT2D eigenvalue weighted by Gasteiger charge is -2.13. The van der Waals surface area contributed by atoms with Crippen LogP contribution in [0.25, 0.3) is 5.70 Å². The van der Waals surface area contributed by atoms with Crippen LogP contribution in [0.4, 0.5) is 0 Å². The monoisotopic (exact) mass is 175 g/mol. The summed E-state index contributed by atoms with van der Waals surface area (Å²) in [5.74, 6) is 0. The number of rotatable bonds is 2. The van der Waals surface area contributed by atoms with Crippen molar-refractivity contribution in [2.24, 2.45) is 0 Å². The summed E-state index contributed by atoms with van der Waals surface area (Å²) >= 11 is 0. The van der Waals surface area contributed by atoms with Gasteiger partial charge in [-0.05, 0) is 31.9 Å². The molecule has 70 valence electrons. The molecule has 0 saturated heterocycles. The molecule has 0 aliphatic heterocycles. The molecule has 1 N–H and O–H groups in total. The van der Waals surface area contributed by atoms with Crippen molar-refractivity contribution in [3.05, 3.63) is 41.0 Å². The number of nitrogens with one attached hydrogen (secondary N) is 1. The SMILES string of the molecule is C=C(NC)c1c(C)cc(C)cc1C. The van der Waals surface area contributed by atoms with Crippen molar-refractivity contribution in [2.75, 3.05) is 7.05 Å². The standard InChI is InChI=1S/C12H17N/c1-8-6-9(2)12(10(3)7-8)11(4)13-5/h6-7,13H,4H2,1-3,5H3. The minimum Gasteiger partial charge on any atom is -0.388 e. The molecule has 0 saturated carbocycles. The highest BCUT2D eigenvalue weighted by molar-refractivity contribution is 5.67. The van der Waals surface area contributed by atoms with Gasteiger partial charge in [0.2, 0.25) is 0 Å². The lowest BCUT2D eigenvalue weighted by Crippen LogP contribution is -2.06. The van der Waals surface area contributed by atoms with Crippen molar-refractivity contribution in [2.45, 2.75) is 20.8 Å². The van der Waals surface area contributed by atoms with Crippen molar-refractivity contribution in [1.29, 1.82) is 0 Å². The van der Waals surface area contributed by atoms with E-state index in [1.54, 1.807) is 0 Å².